The second kappa shape index (κ2) is 11.8. The number of rotatable bonds is 14. The minimum Gasteiger partial charge on any atom is -0.477 e. The second-order valence-corrected chi connectivity index (χ2v) is 7.48. The van der Waals surface area contributed by atoms with Crippen LogP contribution >= 0.6 is 0 Å². The molecule has 0 radical (unpaired) electrons. The van der Waals surface area contributed by atoms with Crippen LogP contribution in [0.1, 0.15) is 80.1 Å². The van der Waals surface area contributed by atoms with E-state index in [1.807, 2.05) is 20.8 Å². The van der Waals surface area contributed by atoms with Crippen molar-refractivity contribution in [3.8, 4) is 0 Å². The van der Waals surface area contributed by atoms with Crippen LogP contribution in [0.15, 0.2) is 0 Å². The smallest absolute Gasteiger partial charge is 0.367 e. The Balaban J connectivity index is 5.29. The summed E-state index contributed by atoms with van der Waals surface area (Å²) in [5.41, 5.74) is 0.204. The van der Waals surface area contributed by atoms with E-state index in [4.69, 9.17) is 14.2 Å². The van der Waals surface area contributed by atoms with Gasteiger partial charge in [-0.3, -0.25) is 0 Å². The van der Waals surface area contributed by atoms with Gasteiger partial charge in [-0.25, -0.2) is 4.79 Å². The predicted octanol–water partition coefficient (Wildman–Crippen LogP) is 4.63. The van der Waals surface area contributed by atoms with E-state index in [1.54, 1.807) is 0 Å². The third-order valence-corrected chi connectivity index (χ3v) is 3.68. The molecule has 0 aromatic heterocycles. The van der Waals surface area contributed by atoms with Crippen LogP contribution in [0.5, 0.6) is 0 Å². The highest BCUT2D eigenvalue weighted by atomic mass is 16.7. The average molecular weight is 347 g/mol. The van der Waals surface area contributed by atoms with E-state index >= 15 is 0 Å². The Kier molecular flexibility index (Phi) is 11.5. The summed E-state index contributed by atoms with van der Waals surface area (Å²) >= 11 is 0. The largest absolute Gasteiger partial charge is 0.477 e. The van der Waals surface area contributed by atoms with Crippen LogP contribution in [-0.2, 0) is 19.0 Å². The van der Waals surface area contributed by atoms with Crippen molar-refractivity contribution < 1.29 is 24.1 Å². The minimum absolute atomic E-state index is 0.204. The first-order chi connectivity index (χ1) is 11.2. The van der Waals surface area contributed by atoms with Gasteiger partial charge in [-0.05, 0) is 37.5 Å². The van der Waals surface area contributed by atoms with Gasteiger partial charge in [0.15, 0.2) is 0 Å². The zero-order chi connectivity index (χ0) is 18.6. The van der Waals surface area contributed by atoms with Gasteiger partial charge in [0.1, 0.15) is 6.10 Å². The zero-order valence-electron chi connectivity index (χ0n) is 16.5. The van der Waals surface area contributed by atoms with Crippen LogP contribution in [0.4, 0.5) is 0 Å². The predicted molar refractivity (Wildman–Crippen MR) is 96.2 cm³/mol. The molecule has 0 heterocycles. The van der Waals surface area contributed by atoms with E-state index in [2.05, 4.69) is 20.8 Å². The van der Waals surface area contributed by atoms with Gasteiger partial charge in [0.25, 0.3) is 5.79 Å². The average Bonchev–Trinajstić information content (AvgIpc) is 2.50. The number of carboxylic acid groups (broad SMARTS) is 1. The molecule has 0 saturated heterocycles. The fourth-order valence-electron chi connectivity index (χ4n) is 2.46. The Morgan fingerprint density at radius 2 is 1.46 bits per heavy atom. The van der Waals surface area contributed by atoms with Gasteiger partial charge in [0, 0.05) is 6.61 Å². The van der Waals surface area contributed by atoms with Crippen molar-refractivity contribution in [2.75, 3.05) is 19.8 Å². The van der Waals surface area contributed by atoms with Crippen molar-refractivity contribution in [3.05, 3.63) is 0 Å². The van der Waals surface area contributed by atoms with Crippen LogP contribution in [0.3, 0.4) is 0 Å². The molecule has 0 aromatic carbocycles. The molecule has 1 N–H and O–H groups in total. The van der Waals surface area contributed by atoms with Crippen molar-refractivity contribution in [2.24, 2.45) is 5.41 Å². The SMILES string of the molecule is CCCOC(CCCC(C)(C)C)C(OCCC)(OCCC)C(=O)O. The number of ether oxygens (including phenoxy) is 3. The summed E-state index contributed by atoms with van der Waals surface area (Å²) in [5.74, 6) is -2.81. The van der Waals surface area contributed by atoms with E-state index in [1.165, 1.54) is 0 Å². The molecule has 0 amide bonds. The van der Waals surface area contributed by atoms with Crippen LogP contribution in [-0.4, -0.2) is 42.8 Å². The van der Waals surface area contributed by atoms with Crippen molar-refractivity contribution in [1.82, 2.24) is 0 Å². The Morgan fingerprint density at radius 1 is 0.958 bits per heavy atom. The summed E-state index contributed by atoms with van der Waals surface area (Å²) in [4.78, 5) is 12.1. The van der Waals surface area contributed by atoms with Gasteiger partial charge in [0.05, 0.1) is 13.2 Å². The standard InChI is InChI=1S/C19H38O5/c1-7-13-22-16(11-10-12-18(4,5)6)19(17(20)21,23-14-8-2)24-15-9-3/h16H,7-15H2,1-6H3,(H,20,21). The van der Waals surface area contributed by atoms with E-state index in [-0.39, 0.29) is 5.41 Å². The first-order valence-corrected chi connectivity index (χ1v) is 9.36. The van der Waals surface area contributed by atoms with Gasteiger partial charge < -0.3 is 19.3 Å². The summed E-state index contributed by atoms with van der Waals surface area (Å²) < 4.78 is 17.4. The third kappa shape index (κ3) is 8.45. The molecular formula is C19H38O5. The molecule has 0 aliphatic carbocycles. The molecule has 0 saturated carbocycles. The molecule has 0 aliphatic heterocycles. The molecule has 144 valence electrons. The maximum absolute atomic E-state index is 12.1. The lowest BCUT2D eigenvalue weighted by molar-refractivity contribution is -0.287. The molecule has 0 rings (SSSR count). The Bertz CT molecular complexity index is 327. The van der Waals surface area contributed by atoms with Crippen LogP contribution < -0.4 is 0 Å². The van der Waals surface area contributed by atoms with Crippen LogP contribution in [0.25, 0.3) is 0 Å². The lowest BCUT2D eigenvalue weighted by atomic mass is 9.88. The molecule has 5 nitrogen and oxygen atoms in total. The number of carboxylic acids is 1. The first kappa shape index (κ1) is 23.4. The summed E-state index contributed by atoms with van der Waals surface area (Å²) in [6.45, 7) is 13.6. The van der Waals surface area contributed by atoms with Crippen LogP contribution in [0.2, 0.25) is 0 Å². The van der Waals surface area contributed by atoms with Gasteiger partial charge in [-0.2, -0.15) is 0 Å². The number of hydrogen-bond acceptors (Lipinski definition) is 4. The van der Waals surface area contributed by atoms with Crippen molar-refractivity contribution in [2.45, 2.75) is 92.0 Å². The summed E-state index contributed by atoms with van der Waals surface area (Å²) in [6.07, 6.45) is 4.16. The van der Waals surface area contributed by atoms with Crippen molar-refractivity contribution >= 4 is 5.97 Å². The summed E-state index contributed by atoms with van der Waals surface area (Å²) in [7, 11) is 0. The third-order valence-electron chi connectivity index (χ3n) is 3.68. The molecule has 0 bridgehead atoms. The fraction of sp³-hybridized carbons (Fsp3) is 0.947. The molecule has 24 heavy (non-hydrogen) atoms. The highest BCUT2D eigenvalue weighted by molar-refractivity contribution is 5.76. The molecule has 1 unspecified atom stereocenters. The van der Waals surface area contributed by atoms with E-state index in [0.29, 0.717) is 26.2 Å². The van der Waals surface area contributed by atoms with Crippen LogP contribution in [0, 0.1) is 5.41 Å². The zero-order valence-corrected chi connectivity index (χ0v) is 16.5. The maximum Gasteiger partial charge on any atom is 0.367 e. The lowest BCUT2D eigenvalue weighted by Gasteiger charge is -2.36. The molecule has 0 aliphatic rings. The lowest BCUT2D eigenvalue weighted by Crippen LogP contribution is -2.55. The highest BCUT2D eigenvalue weighted by Crippen LogP contribution is 2.29. The van der Waals surface area contributed by atoms with E-state index in [0.717, 1.165) is 32.1 Å². The molecule has 0 spiro atoms. The second-order valence-electron chi connectivity index (χ2n) is 7.48. The van der Waals surface area contributed by atoms with Gasteiger partial charge in [-0.1, -0.05) is 48.0 Å². The molecular weight excluding hydrogens is 308 g/mol. The first-order valence-electron chi connectivity index (χ1n) is 9.36. The quantitative estimate of drug-likeness (QED) is 0.464. The van der Waals surface area contributed by atoms with E-state index in [9.17, 15) is 9.90 Å². The molecule has 1 atom stereocenters. The fourth-order valence-corrected chi connectivity index (χ4v) is 2.46. The van der Waals surface area contributed by atoms with Gasteiger partial charge >= 0.3 is 5.97 Å². The summed E-state index contributed by atoms with van der Waals surface area (Å²) in [5, 5.41) is 9.88. The van der Waals surface area contributed by atoms with Crippen molar-refractivity contribution in [1.29, 1.82) is 0 Å². The van der Waals surface area contributed by atoms with E-state index < -0.39 is 17.9 Å². The van der Waals surface area contributed by atoms with Crippen molar-refractivity contribution in [3.63, 3.8) is 0 Å². The number of hydrogen-bond donors (Lipinski definition) is 1. The highest BCUT2D eigenvalue weighted by Gasteiger charge is 2.49. The normalized spacial score (nSPS) is 13.9. The van der Waals surface area contributed by atoms with Gasteiger partial charge in [0.2, 0.25) is 0 Å². The van der Waals surface area contributed by atoms with Gasteiger partial charge in [-0.15, -0.1) is 0 Å². The Labute approximate surface area is 148 Å². The molecule has 0 aromatic rings. The number of aliphatic carboxylic acids is 1. The molecule has 0 fully saturated rings. The summed E-state index contributed by atoms with van der Waals surface area (Å²) in [6, 6.07) is 0. The maximum atomic E-state index is 12.1. The Morgan fingerprint density at radius 3 is 1.83 bits per heavy atom. The monoisotopic (exact) mass is 346 g/mol. The Hall–Kier alpha value is -0.650. The minimum atomic E-state index is -1.71. The number of carbonyl (C=O) groups is 1. The topological polar surface area (TPSA) is 65.0 Å². The molecule has 5 heteroatoms.